The Morgan fingerprint density at radius 1 is 0.821 bits per heavy atom. The van der Waals surface area contributed by atoms with Crippen molar-refractivity contribution in [3.8, 4) is 23.0 Å². The van der Waals surface area contributed by atoms with Crippen LogP contribution in [0.4, 0.5) is 0 Å². The summed E-state index contributed by atoms with van der Waals surface area (Å²) in [6, 6.07) is 8.96. The van der Waals surface area contributed by atoms with Gasteiger partial charge in [-0.15, -0.1) is 0 Å². The van der Waals surface area contributed by atoms with Crippen LogP contribution in [0.5, 0.6) is 23.0 Å². The average molecular weight is 545 g/mol. The van der Waals surface area contributed by atoms with E-state index in [1.807, 2.05) is 0 Å². The van der Waals surface area contributed by atoms with Gasteiger partial charge in [0, 0.05) is 0 Å². The van der Waals surface area contributed by atoms with Gasteiger partial charge in [0.2, 0.25) is 6.29 Å². The van der Waals surface area contributed by atoms with Crippen molar-refractivity contribution in [3.05, 3.63) is 59.7 Å². The first-order chi connectivity index (χ1) is 18.5. The van der Waals surface area contributed by atoms with Gasteiger partial charge in [-0.2, -0.15) is 0 Å². The number of hydrogen-bond acceptors (Lipinski definition) is 11. The second-order valence-corrected chi connectivity index (χ2v) is 8.47. The Balaban J connectivity index is 1.63. The summed E-state index contributed by atoms with van der Waals surface area (Å²) >= 11 is 0. The molecule has 2 aromatic rings. The number of methoxy groups -OCH3 is 2. The molecule has 1 saturated heterocycles. The third-order valence-corrected chi connectivity index (χ3v) is 5.72. The molecular formula is C27H28O12. The summed E-state index contributed by atoms with van der Waals surface area (Å²) in [4.78, 5) is 35.7. The molecule has 2 aromatic carbocycles. The monoisotopic (exact) mass is 544 g/mol. The van der Waals surface area contributed by atoms with Crippen LogP contribution in [0, 0.1) is 0 Å². The minimum atomic E-state index is -1.86. The first kappa shape index (κ1) is 29.3. The lowest BCUT2D eigenvalue weighted by molar-refractivity contribution is -0.271. The molecule has 0 aromatic heterocycles. The van der Waals surface area contributed by atoms with E-state index < -0.39 is 48.2 Å². The second kappa shape index (κ2) is 13.0. The maximum atomic E-state index is 12.3. The Morgan fingerprint density at radius 2 is 1.38 bits per heavy atom. The summed E-state index contributed by atoms with van der Waals surface area (Å²) in [6.45, 7) is 0. The zero-order valence-corrected chi connectivity index (χ0v) is 21.0. The van der Waals surface area contributed by atoms with Crippen molar-refractivity contribution in [1.82, 2.24) is 0 Å². The molecule has 0 radical (unpaired) electrons. The SMILES string of the molecule is COc1cc(/C=C/C(=O)CC(=O)/C=C/c2ccc(O[C@@H]3O[C@H](C(=O)O)[C@@H](O)[C@@H](O)[C@@H]3O)c(OC)c2)ccc1O. The molecule has 12 nitrogen and oxygen atoms in total. The summed E-state index contributed by atoms with van der Waals surface area (Å²) in [5, 5.41) is 48.7. The number of rotatable bonds is 11. The number of carbonyl (C=O) groups excluding carboxylic acids is 2. The summed E-state index contributed by atoms with van der Waals surface area (Å²) in [7, 11) is 2.73. The van der Waals surface area contributed by atoms with Gasteiger partial charge in [-0.3, -0.25) is 9.59 Å². The molecule has 5 atom stereocenters. The van der Waals surface area contributed by atoms with Gasteiger partial charge in [0.25, 0.3) is 0 Å². The maximum absolute atomic E-state index is 12.3. The molecular weight excluding hydrogens is 516 g/mol. The van der Waals surface area contributed by atoms with Crippen molar-refractivity contribution >= 4 is 29.7 Å². The van der Waals surface area contributed by atoms with Gasteiger partial charge >= 0.3 is 5.97 Å². The highest BCUT2D eigenvalue weighted by Gasteiger charge is 2.48. The number of phenols is 1. The van der Waals surface area contributed by atoms with Gasteiger partial charge in [-0.05, 0) is 47.5 Å². The number of carbonyl (C=O) groups is 3. The Hall–Kier alpha value is -4.23. The van der Waals surface area contributed by atoms with Crippen molar-refractivity contribution in [2.75, 3.05) is 14.2 Å². The van der Waals surface area contributed by atoms with Crippen LogP contribution >= 0.6 is 0 Å². The summed E-state index contributed by atoms with van der Waals surface area (Å²) < 4.78 is 20.9. The van der Waals surface area contributed by atoms with Crippen molar-refractivity contribution in [3.63, 3.8) is 0 Å². The lowest BCUT2D eigenvalue weighted by Gasteiger charge is -2.38. The van der Waals surface area contributed by atoms with E-state index in [-0.39, 0.29) is 29.4 Å². The Kier molecular flexibility index (Phi) is 9.79. The van der Waals surface area contributed by atoms with E-state index in [4.69, 9.17) is 18.9 Å². The number of allylic oxidation sites excluding steroid dienone is 2. The molecule has 1 aliphatic rings. The van der Waals surface area contributed by atoms with E-state index in [1.165, 1.54) is 62.8 Å². The summed E-state index contributed by atoms with van der Waals surface area (Å²) in [6.07, 6.45) is -3.85. The Labute approximate surface area is 222 Å². The second-order valence-electron chi connectivity index (χ2n) is 8.47. The lowest BCUT2D eigenvalue weighted by atomic mass is 9.99. The van der Waals surface area contributed by atoms with Gasteiger partial charge in [0.15, 0.2) is 40.7 Å². The van der Waals surface area contributed by atoms with Gasteiger partial charge in [-0.25, -0.2) is 4.79 Å². The Bertz CT molecular complexity index is 1270. The summed E-state index contributed by atoms with van der Waals surface area (Å²) in [5.74, 6) is -2.07. The fraction of sp³-hybridized carbons (Fsp3) is 0.296. The predicted molar refractivity (Wildman–Crippen MR) is 135 cm³/mol. The quantitative estimate of drug-likeness (QED) is 0.199. The maximum Gasteiger partial charge on any atom is 0.335 e. The van der Waals surface area contributed by atoms with Crippen LogP contribution in [-0.2, 0) is 19.1 Å². The molecule has 39 heavy (non-hydrogen) atoms. The highest BCUT2D eigenvalue weighted by molar-refractivity contribution is 6.10. The number of aliphatic carboxylic acids is 1. The van der Waals surface area contributed by atoms with E-state index in [2.05, 4.69) is 0 Å². The van der Waals surface area contributed by atoms with Crippen LogP contribution in [0.15, 0.2) is 48.6 Å². The number of carboxylic acids is 1. The minimum Gasteiger partial charge on any atom is -0.504 e. The molecule has 0 aliphatic carbocycles. The van der Waals surface area contributed by atoms with Crippen LogP contribution in [0.25, 0.3) is 12.2 Å². The van der Waals surface area contributed by atoms with Crippen LogP contribution in [-0.4, -0.2) is 88.0 Å². The molecule has 0 bridgehead atoms. The van der Waals surface area contributed by atoms with Crippen molar-refractivity contribution in [2.24, 2.45) is 0 Å². The van der Waals surface area contributed by atoms with Gasteiger partial charge in [0.1, 0.15) is 18.3 Å². The van der Waals surface area contributed by atoms with Crippen molar-refractivity contribution in [1.29, 1.82) is 0 Å². The number of aliphatic hydroxyl groups excluding tert-OH is 3. The number of aromatic hydroxyl groups is 1. The molecule has 0 saturated carbocycles. The van der Waals surface area contributed by atoms with Gasteiger partial charge < -0.3 is 44.5 Å². The smallest absolute Gasteiger partial charge is 0.335 e. The zero-order valence-electron chi connectivity index (χ0n) is 21.0. The largest absolute Gasteiger partial charge is 0.504 e. The van der Waals surface area contributed by atoms with Crippen molar-refractivity contribution in [2.45, 2.75) is 37.1 Å². The van der Waals surface area contributed by atoms with E-state index >= 15 is 0 Å². The Morgan fingerprint density at radius 3 is 1.95 bits per heavy atom. The highest BCUT2D eigenvalue weighted by Crippen LogP contribution is 2.32. The number of ketones is 2. The van der Waals surface area contributed by atoms with Crippen molar-refractivity contribution < 1.29 is 58.9 Å². The fourth-order valence-electron chi connectivity index (χ4n) is 3.63. The molecule has 1 fully saturated rings. The van der Waals surface area contributed by atoms with Crippen LogP contribution in [0.1, 0.15) is 17.5 Å². The topological polar surface area (TPSA) is 189 Å². The number of phenolic OH excluding ortho intramolecular Hbond substituents is 1. The fourth-order valence-corrected chi connectivity index (χ4v) is 3.63. The van der Waals surface area contributed by atoms with E-state index in [1.54, 1.807) is 12.1 Å². The summed E-state index contributed by atoms with van der Waals surface area (Å²) in [5.41, 5.74) is 1.10. The number of benzene rings is 2. The first-order valence-corrected chi connectivity index (χ1v) is 11.6. The first-order valence-electron chi connectivity index (χ1n) is 11.6. The molecule has 1 heterocycles. The van der Waals surface area contributed by atoms with E-state index in [9.17, 15) is 39.9 Å². The number of ether oxygens (including phenoxy) is 4. The molecule has 208 valence electrons. The molecule has 12 heteroatoms. The number of hydrogen-bond donors (Lipinski definition) is 5. The molecule has 5 N–H and O–H groups in total. The third kappa shape index (κ3) is 7.42. The normalized spacial score (nSPS) is 23.1. The zero-order chi connectivity index (χ0) is 28.7. The van der Waals surface area contributed by atoms with Gasteiger partial charge in [0.05, 0.1) is 20.6 Å². The van der Waals surface area contributed by atoms with Crippen LogP contribution in [0.3, 0.4) is 0 Å². The predicted octanol–water partition coefficient (Wildman–Crippen LogP) is 0.935. The van der Waals surface area contributed by atoms with Gasteiger partial charge in [-0.1, -0.05) is 24.3 Å². The molecule has 1 aliphatic heterocycles. The van der Waals surface area contributed by atoms with Crippen LogP contribution < -0.4 is 14.2 Å². The molecule has 0 spiro atoms. The minimum absolute atomic E-state index is 0.0314. The van der Waals surface area contributed by atoms with E-state index in [0.29, 0.717) is 11.1 Å². The molecule has 3 rings (SSSR count). The highest BCUT2D eigenvalue weighted by atomic mass is 16.7. The van der Waals surface area contributed by atoms with Crippen LogP contribution in [0.2, 0.25) is 0 Å². The number of aliphatic hydroxyl groups is 3. The number of carboxylic acid groups (broad SMARTS) is 1. The van der Waals surface area contributed by atoms with E-state index in [0.717, 1.165) is 0 Å². The third-order valence-electron chi connectivity index (χ3n) is 5.72. The average Bonchev–Trinajstić information content (AvgIpc) is 2.91. The molecule has 0 unspecified atom stereocenters. The standard InChI is InChI=1S/C27H28O12/c1-36-20-11-14(5-9-18(20)30)3-7-16(28)13-17(29)8-4-15-6-10-19(21(12-15)37-2)38-27-24(33)22(31)23(32)25(39-27)26(34)35/h3-12,22-25,27,30-33H,13H2,1-2H3,(H,34,35)/b7-3+,8-4+/t22-,23+,24+,25+,27-/m1/s1. The molecule has 0 amide bonds. The lowest BCUT2D eigenvalue weighted by Crippen LogP contribution is -2.61.